The molecule has 12 heavy (non-hydrogen) atoms. The summed E-state index contributed by atoms with van der Waals surface area (Å²) < 4.78 is 0. The number of hydrogen-bond donors (Lipinski definition) is 2. The van der Waals surface area contributed by atoms with Crippen molar-refractivity contribution >= 4 is 17.2 Å². The van der Waals surface area contributed by atoms with E-state index in [0.29, 0.717) is 10.9 Å². The summed E-state index contributed by atoms with van der Waals surface area (Å²) in [7, 11) is 0. The Kier molecular flexibility index (Phi) is 3.91. The van der Waals surface area contributed by atoms with Crippen molar-refractivity contribution < 1.29 is 0 Å². The normalized spacial score (nSPS) is 22.1. The van der Waals surface area contributed by atoms with E-state index < -0.39 is 0 Å². The molecule has 0 saturated carbocycles. The van der Waals surface area contributed by atoms with Crippen LogP contribution in [0.3, 0.4) is 0 Å². The number of thiocarbonyl (C=S) groups is 1. The molecular formula is C8H17N3S. The second-order valence-electron chi connectivity index (χ2n) is 3.35. The third kappa shape index (κ3) is 3.05. The van der Waals surface area contributed by atoms with Crippen LogP contribution in [0.2, 0.25) is 0 Å². The second-order valence-corrected chi connectivity index (χ2v) is 3.83. The average molecular weight is 187 g/mol. The van der Waals surface area contributed by atoms with Gasteiger partial charge in [-0.05, 0) is 0 Å². The van der Waals surface area contributed by atoms with Crippen molar-refractivity contribution in [3.05, 3.63) is 0 Å². The minimum absolute atomic E-state index is 0.345. The zero-order valence-electron chi connectivity index (χ0n) is 7.55. The van der Waals surface area contributed by atoms with Crippen molar-refractivity contribution in [2.45, 2.75) is 6.92 Å². The maximum absolute atomic E-state index is 5.54. The van der Waals surface area contributed by atoms with Gasteiger partial charge in [0.25, 0.3) is 0 Å². The number of nitrogens with two attached hydrogens (primary N) is 1. The molecule has 1 fully saturated rings. The smallest absolute Gasteiger partial charge is 0.0768 e. The Hall–Kier alpha value is -0.190. The standard InChI is InChI=1S/C8H17N3S/c1-7(8(9)12)6-11-4-2-10-3-5-11/h7,10H,2-6H2,1H3,(H2,9,12). The van der Waals surface area contributed by atoms with Crippen LogP contribution < -0.4 is 11.1 Å². The lowest BCUT2D eigenvalue weighted by Gasteiger charge is -2.29. The second kappa shape index (κ2) is 4.74. The fraction of sp³-hybridized carbons (Fsp3) is 0.875. The van der Waals surface area contributed by atoms with Gasteiger partial charge in [-0.25, -0.2) is 0 Å². The quantitative estimate of drug-likeness (QED) is 0.601. The van der Waals surface area contributed by atoms with Gasteiger partial charge in [-0.3, -0.25) is 0 Å². The van der Waals surface area contributed by atoms with Gasteiger partial charge in [0.1, 0.15) is 0 Å². The molecule has 70 valence electrons. The maximum atomic E-state index is 5.54. The van der Waals surface area contributed by atoms with Crippen LogP contribution in [0.15, 0.2) is 0 Å². The first kappa shape index (κ1) is 9.89. The summed E-state index contributed by atoms with van der Waals surface area (Å²) in [5.41, 5.74) is 5.54. The van der Waals surface area contributed by atoms with Crippen LogP contribution in [0.5, 0.6) is 0 Å². The molecule has 0 bridgehead atoms. The maximum Gasteiger partial charge on any atom is 0.0768 e. The molecule has 1 saturated heterocycles. The molecule has 0 aromatic heterocycles. The van der Waals surface area contributed by atoms with E-state index in [2.05, 4.69) is 17.1 Å². The Labute approximate surface area is 79.3 Å². The van der Waals surface area contributed by atoms with E-state index in [0.717, 1.165) is 32.7 Å². The number of rotatable bonds is 3. The van der Waals surface area contributed by atoms with Crippen molar-refractivity contribution in [2.24, 2.45) is 11.7 Å². The molecular weight excluding hydrogens is 170 g/mol. The van der Waals surface area contributed by atoms with Crippen LogP contribution in [-0.2, 0) is 0 Å². The number of nitrogens with one attached hydrogen (secondary N) is 1. The molecule has 1 atom stereocenters. The van der Waals surface area contributed by atoms with E-state index in [-0.39, 0.29) is 0 Å². The minimum atomic E-state index is 0.345. The minimum Gasteiger partial charge on any atom is -0.393 e. The lowest BCUT2D eigenvalue weighted by molar-refractivity contribution is 0.229. The Bertz CT molecular complexity index is 154. The van der Waals surface area contributed by atoms with E-state index >= 15 is 0 Å². The molecule has 1 unspecified atom stereocenters. The molecule has 3 nitrogen and oxygen atoms in total. The van der Waals surface area contributed by atoms with Gasteiger partial charge in [0.2, 0.25) is 0 Å². The molecule has 1 rings (SSSR count). The topological polar surface area (TPSA) is 41.3 Å². The summed E-state index contributed by atoms with van der Waals surface area (Å²) in [6, 6.07) is 0. The fourth-order valence-electron chi connectivity index (χ4n) is 1.37. The highest BCUT2D eigenvalue weighted by Gasteiger charge is 2.13. The van der Waals surface area contributed by atoms with Crippen LogP contribution in [0.25, 0.3) is 0 Å². The Balaban J connectivity index is 2.24. The number of nitrogens with zero attached hydrogens (tertiary/aromatic N) is 1. The van der Waals surface area contributed by atoms with Crippen molar-refractivity contribution in [3.8, 4) is 0 Å². The molecule has 0 radical (unpaired) electrons. The highest BCUT2D eigenvalue weighted by atomic mass is 32.1. The highest BCUT2D eigenvalue weighted by molar-refractivity contribution is 7.80. The van der Waals surface area contributed by atoms with Gasteiger partial charge < -0.3 is 16.0 Å². The average Bonchev–Trinajstić information content (AvgIpc) is 2.06. The van der Waals surface area contributed by atoms with Crippen LogP contribution in [0, 0.1) is 5.92 Å². The molecule has 0 amide bonds. The van der Waals surface area contributed by atoms with E-state index in [1.165, 1.54) is 0 Å². The Morgan fingerprint density at radius 3 is 2.67 bits per heavy atom. The van der Waals surface area contributed by atoms with Gasteiger partial charge in [-0.2, -0.15) is 0 Å². The predicted octanol–water partition coefficient (Wildman–Crippen LogP) is -0.186. The van der Waals surface area contributed by atoms with Gasteiger partial charge in [0.15, 0.2) is 0 Å². The molecule has 4 heteroatoms. The van der Waals surface area contributed by atoms with Gasteiger partial charge in [-0.15, -0.1) is 0 Å². The molecule has 0 aromatic carbocycles. The Morgan fingerprint density at radius 2 is 2.17 bits per heavy atom. The largest absolute Gasteiger partial charge is 0.393 e. The highest BCUT2D eigenvalue weighted by Crippen LogP contribution is 2.01. The summed E-state index contributed by atoms with van der Waals surface area (Å²) >= 11 is 4.92. The van der Waals surface area contributed by atoms with Crippen molar-refractivity contribution in [3.63, 3.8) is 0 Å². The summed E-state index contributed by atoms with van der Waals surface area (Å²) in [5, 5.41) is 3.31. The SMILES string of the molecule is CC(CN1CCNCC1)C(N)=S. The fourth-order valence-corrected chi connectivity index (χ4v) is 1.45. The van der Waals surface area contributed by atoms with E-state index in [4.69, 9.17) is 18.0 Å². The third-order valence-corrected chi connectivity index (χ3v) is 2.63. The molecule has 1 aliphatic rings. The number of piperazine rings is 1. The zero-order valence-corrected chi connectivity index (χ0v) is 8.36. The van der Waals surface area contributed by atoms with Gasteiger partial charge in [-0.1, -0.05) is 19.1 Å². The van der Waals surface area contributed by atoms with Crippen molar-refractivity contribution in [2.75, 3.05) is 32.7 Å². The Morgan fingerprint density at radius 1 is 1.58 bits per heavy atom. The van der Waals surface area contributed by atoms with Gasteiger partial charge in [0, 0.05) is 38.6 Å². The first-order valence-corrected chi connectivity index (χ1v) is 4.83. The molecule has 0 aliphatic carbocycles. The van der Waals surface area contributed by atoms with Gasteiger partial charge >= 0.3 is 0 Å². The third-order valence-electron chi connectivity index (χ3n) is 2.23. The lowest BCUT2D eigenvalue weighted by atomic mass is 10.1. The predicted molar refractivity (Wildman–Crippen MR) is 55.3 cm³/mol. The van der Waals surface area contributed by atoms with E-state index in [9.17, 15) is 0 Å². The summed E-state index contributed by atoms with van der Waals surface area (Å²) in [6.07, 6.45) is 0. The van der Waals surface area contributed by atoms with Crippen LogP contribution >= 0.6 is 12.2 Å². The first-order chi connectivity index (χ1) is 5.70. The van der Waals surface area contributed by atoms with Crippen molar-refractivity contribution in [1.82, 2.24) is 10.2 Å². The van der Waals surface area contributed by atoms with Crippen LogP contribution in [-0.4, -0.2) is 42.6 Å². The van der Waals surface area contributed by atoms with Crippen molar-refractivity contribution in [1.29, 1.82) is 0 Å². The molecule has 1 heterocycles. The lowest BCUT2D eigenvalue weighted by Crippen LogP contribution is -2.46. The molecule has 0 aromatic rings. The molecule has 0 spiro atoms. The monoisotopic (exact) mass is 187 g/mol. The summed E-state index contributed by atoms with van der Waals surface area (Å²) in [6.45, 7) is 7.51. The van der Waals surface area contributed by atoms with Gasteiger partial charge in [0.05, 0.1) is 4.99 Å². The van der Waals surface area contributed by atoms with Crippen LogP contribution in [0.4, 0.5) is 0 Å². The molecule has 1 aliphatic heterocycles. The summed E-state index contributed by atoms with van der Waals surface area (Å²) in [4.78, 5) is 3.04. The zero-order chi connectivity index (χ0) is 8.97. The van der Waals surface area contributed by atoms with E-state index in [1.54, 1.807) is 0 Å². The number of hydrogen-bond acceptors (Lipinski definition) is 3. The first-order valence-electron chi connectivity index (χ1n) is 4.42. The molecule has 3 N–H and O–H groups in total. The summed E-state index contributed by atoms with van der Waals surface area (Å²) in [5.74, 6) is 0.345. The van der Waals surface area contributed by atoms with Crippen LogP contribution in [0.1, 0.15) is 6.92 Å². The van der Waals surface area contributed by atoms with E-state index in [1.807, 2.05) is 0 Å².